The van der Waals surface area contributed by atoms with E-state index in [9.17, 15) is 4.79 Å². The lowest BCUT2D eigenvalue weighted by Crippen LogP contribution is -2.36. The molecule has 0 aromatic heterocycles. The molecule has 4 heteroatoms. The van der Waals surface area contributed by atoms with Gasteiger partial charge >= 0.3 is 0 Å². The van der Waals surface area contributed by atoms with Crippen LogP contribution in [0.25, 0.3) is 0 Å². The number of methoxy groups -OCH3 is 1. The lowest BCUT2D eigenvalue weighted by molar-refractivity contribution is -0.120. The van der Waals surface area contributed by atoms with E-state index in [1.54, 1.807) is 7.11 Å². The largest absolute Gasteiger partial charge is 0.497 e. The zero-order valence-electron chi connectivity index (χ0n) is 9.17. The second-order valence-electron chi connectivity index (χ2n) is 4.37. The summed E-state index contributed by atoms with van der Waals surface area (Å²) in [5.41, 5.74) is 1.65. The van der Waals surface area contributed by atoms with E-state index < -0.39 is 0 Å². The molecule has 0 aliphatic carbocycles. The Labute approximate surface area is 94.0 Å². The molecule has 0 radical (unpaired) electrons. The van der Waals surface area contributed by atoms with Gasteiger partial charge in [0.05, 0.1) is 12.5 Å². The summed E-state index contributed by atoms with van der Waals surface area (Å²) in [7, 11) is 1.63. The zero-order chi connectivity index (χ0) is 11.2. The summed E-state index contributed by atoms with van der Waals surface area (Å²) in [6.07, 6.45) is 0.873. The molecule has 1 spiro atoms. The molecule has 1 aromatic carbocycles. The van der Waals surface area contributed by atoms with Crippen molar-refractivity contribution in [3.8, 4) is 5.75 Å². The van der Waals surface area contributed by atoms with Crippen LogP contribution in [0.1, 0.15) is 12.0 Å². The second kappa shape index (κ2) is 3.22. The normalized spacial score (nSPS) is 26.9. The number of hydrogen-bond acceptors (Lipinski definition) is 3. The predicted molar refractivity (Wildman–Crippen MR) is 60.8 cm³/mol. The monoisotopic (exact) mass is 218 g/mol. The Kier molecular flexibility index (Phi) is 1.94. The van der Waals surface area contributed by atoms with Crippen molar-refractivity contribution in [2.45, 2.75) is 11.8 Å². The Hall–Kier alpha value is -1.55. The van der Waals surface area contributed by atoms with Crippen LogP contribution in [-0.4, -0.2) is 26.1 Å². The molecule has 1 saturated heterocycles. The molecule has 1 atom stereocenters. The first-order valence-corrected chi connectivity index (χ1v) is 5.47. The van der Waals surface area contributed by atoms with Crippen LogP contribution in [0.3, 0.4) is 0 Å². The summed E-state index contributed by atoms with van der Waals surface area (Å²) >= 11 is 0. The average molecular weight is 218 g/mol. The third-order valence-corrected chi connectivity index (χ3v) is 3.58. The summed E-state index contributed by atoms with van der Waals surface area (Å²) < 4.78 is 5.16. The molecule has 2 aliphatic heterocycles. The Morgan fingerprint density at radius 1 is 1.44 bits per heavy atom. The molecule has 16 heavy (non-hydrogen) atoms. The molecular formula is C12H14N2O2. The van der Waals surface area contributed by atoms with E-state index in [-0.39, 0.29) is 11.3 Å². The quantitative estimate of drug-likeness (QED) is 0.735. The van der Waals surface area contributed by atoms with Gasteiger partial charge < -0.3 is 15.4 Å². The van der Waals surface area contributed by atoms with Crippen LogP contribution < -0.4 is 15.4 Å². The van der Waals surface area contributed by atoms with Crippen LogP contribution in [0.4, 0.5) is 5.69 Å². The fraction of sp³-hybridized carbons (Fsp3) is 0.417. The number of nitrogens with one attached hydrogen (secondary N) is 2. The van der Waals surface area contributed by atoms with Crippen LogP contribution in [0.2, 0.25) is 0 Å². The molecule has 84 valence electrons. The van der Waals surface area contributed by atoms with E-state index in [0.717, 1.165) is 36.5 Å². The number of carbonyl (C=O) groups excluding carboxylic acids is 1. The van der Waals surface area contributed by atoms with Crippen molar-refractivity contribution in [1.29, 1.82) is 0 Å². The molecule has 1 aromatic rings. The molecule has 1 amide bonds. The first-order valence-electron chi connectivity index (χ1n) is 5.47. The topological polar surface area (TPSA) is 50.4 Å². The van der Waals surface area contributed by atoms with Gasteiger partial charge in [0.2, 0.25) is 5.91 Å². The number of hydrogen-bond donors (Lipinski definition) is 2. The minimum Gasteiger partial charge on any atom is -0.497 e. The van der Waals surface area contributed by atoms with Crippen molar-refractivity contribution in [1.82, 2.24) is 5.32 Å². The van der Waals surface area contributed by atoms with Crippen molar-refractivity contribution in [2.75, 3.05) is 25.5 Å². The van der Waals surface area contributed by atoms with Gasteiger partial charge in [-0.1, -0.05) is 6.07 Å². The molecule has 4 nitrogen and oxygen atoms in total. The third kappa shape index (κ3) is 1.10. The maximum atomic E-state index is 12.1. The highest BCUT2D eigenvalue weighted by molar-refractivity contribution is 6.06. The molecule has 2 aliphatic rings. The van der Waals surface area contributed by atoms with Gasteiger partial charge in [-0.05, 0) is 24.6 Å². The van der Waals surface area contributed by atoms with Crippen molar-refractivity contribution in [2.24, 2.45) is 0 Å². The number of anilines is 1. The van der Waals surface area contributed by atoms with E-state index in [0.29, 0.717) is 0 Å². The van der Waals surface area contributed by atoms with Gasteiger partial charge in [0.1, 0.15) is 5.75 Å². The molecule has 0 bridgehead atoms. The van der Waals surface area contributed by atoms with Crippen LogP contribution in [0.5, 0.6) is 5.75 Å². The molecule has 2 N–H and O–H groups in total. The fourth-order valence-electron chi connectivity index (χ4n) is 2.65. The number of rotatable bonds is 1. The number of carbonyl (C=O) groups is 1. The van der Waals surface area contributed by atoms with Gasteiger partial charge in [-0.25, -0.2) is 0 Å². The van der Waals surface area contributed by atoms with E-state index in [4.69, 9.17) is 4.74 Å². The number of fused-ring (bicyclic) bond motifs is 2. The summed E-state index contributed by atoms with van der Waals surface area (Å²) in [6.45, 7) is 1.64. The lowest BCUT2D eigenvalue weighted by atomic mass is 9.81. The highest BCUT2D eigenvalue weighted by atomic mass is 16.5. The molecule has 2 heterocycles. The number of benzene rings is 1. The fourth-order valence-corrected chi connectivity index (χ4v) is 2.65. The van der Waals surface area contributed by atoms with Crippen molar-refractivity contribution in [3.05, 3.63) is 23.8 Å². The van der Waals surface area contributed by atoms with Crippen LogP contribution in [0, 0.1) is 0 Å². The Morgan fingerprint density at radius 2 is 2.31 bits per heavy atom. The molecule has 1 fully saturated rings. The summed E-state index contributed by atoms with van der Waals surface area (Å²) in [5.74, 6) is 0.891. The molecular weight excluding hydrogens is 204 g/mol. The standard InChI is InChI=1S/C12H14N2O2/c1-16-8-2-3-9-10(6-8)14-11(15)12(9)4-5-13-7-12/h2-3,6,13H,4-5,7H2,1H3,(H,14,15)/t12-/m1/s1. The van der Waals surface area contributed by atoms with E-state index in [2.05, 4.69) is 10.6 Å². The SMILES string of the molecule is COc1ccc2c(c1)NC(=O)[C@@]21CCNC1. The third-order valence-electron chi connectivity index (χ3n) is 3.58. The zero-order valence-corrected chi connectivity index (χ0v) is 9.17. The summed E-state index contributed by atoms with van der Waals surface area (Å²) in [4.78, 5) is 12.1. The average Bonchev–Trinajstić information content (AvgIpc) is 2.88. The van der Waals surface area contributed by atoms with Gasteiger partial charge in [-0.3, -0.25) is 4.79 Å². The smallest absolute Gasteiger partial charge is 0.236 e. The van der Waals surface area contributed by atoms with Gasteiger partial charge in [0.15, 0.2) is 0 Å². The number of ether oxygens (including phenoxy) is 1. The highest BCUT2D eigenvalue weighted by Crippen LogP contribution is 2.43. The van der Waals surface area contributed by atoms with E-state index in [1.165, 1.54) is 0 Å². The predicted octanol–water partition coefficient (Wildman–Crippen LogP) is 0.878. The Balaban J connectivity index is 2.11. The highest BCUT2D eigenvalue weighted by Gasteiger charge is 2.48. The van der Waals surface area contributed by atoms with Gasteiger partial charge in [0, 0.05) is 18.3 Å². The second-order valence-corrected chi connectivity index (χ2v) is 4.37. The molecule has 0 saturated carbocycles. The van der Waals surface area contributed by atoms with Gasteiger partial charge in [-0.2, -0.15) is 0 Å². The maximum Gasteiger partial charge on any atom is 0.236 e. The van der Waals surface area contributed by atoms with Crippen molar-refractivity contribution in [3.63, 3.8) is 0 Å². The number of amides is 1. The minimum absolute atomic E-state index is 0.112. The maximum absolute atomic E-state index is 12.1. The van der Waals surface area contributed by atoms with Crippen LogP contribution >= 0.6 is 0 Å². The lowest BCUT2D eigenvalue weighted by Gasteiger charge is -2.19. The van der Waals surface area contributed by atoms with Gasteiger partial charge in [-0.15, -0.1) is 0 Å². The Bertz CT molecular complexity index is 450. The van der Waals surface area contributed by atoms with Crippen molar-refractivity contribution < 1.29 is 9.53 Å². The van der Waals surface area contributed by atoms with E-state index in [1.807, 2.05) is 18.2 Å². The Morgan fingerprint density at radius 3 is 3.00 bits per heavy atom. The summed E-state index contributed by atoms with van der Waals surface area (Å²) in [5, 5.41) is 6.21. The van der Waals surface area contributed by atoms with Crippen LogP contribution in [0.15, 0.2) is 18.2 Å². The first-order chi connectivity index (χ1) is 7.76. The summed E-state index contributed by atoms with van der Waals surface area (Å²) in [6, 6.07) is 5.80. The minimum atomic E-state index is -0.346. The van der Waals surface area contributed by atoms with E-state index >= 15 is 0 Å². The molecule has 3 rings (SSSR count). The first kappa shape index (κ1) is 9.66. The van der Waals surface area contributed by atoms with Gasteiger partial charge in [0.25, 0.3) is 0 Å². The van der Waals surface area contributed by atoms with Crippen LogP contribution in [-0.2, 0) is 10.2 Å². The van der Waals surface area contributed by atoms with Crippen molar-refractivity contribution >= 4 is 11.6 Å². The molecule has 0 unspecified atom stereocenters.